The molecular weight excluding hydrogens is 362 g/mol. The van der Waals surface area contributed by atoms with Gasteiger partial charge in [0.1, 0.15) is 0 Å². The number of fused-ring (bicyclic) bond motifs is 1. The van der Waals surface area contributed by atoms with Gasteiger partial charge in [-0.15, -0.1) is 21.5 Å². The fraction of sp³-hybridized carbons (Fsp3) is 0.316. The van der Waals surface area contributed by atoms with Crippen molar-refractivity contribution in [3.63, 3.8) is 0 Å². The maximum absolute atomic E-state index is 12.4. The molecule has 0 saturated carbocycles. The number of H-pyrrole nitrogens is 1. The molecule has 7 nitrogen and oxygen atoms in total. The van der Waals surface area contributed by atoms with Crippen LogP contribution in [0.3, 0.4) is 0 Å². The third-order valence-electron chi connectivity index (χ3n) is 5.10. The molecule has 0 unspecified atom stereocenters. The molecule has 1 aliphatic heterocycles. The van der Waals surface area contributed by atoms with Crippen molar-refractivity contribution in [3.05, 3.63) is 58.2 Å². The van der Waals surface area contributed by atoms with Crippen LogP contribution in [0.25, 0.3) is 21.8 Å². The largest absolute Gasteiger partial charge is 0.419 e. The van der Waals surface area contributed by atoms with E-state index in [9.17, 15) is 4.79 Å². The van der Waals surface area contributed by atoms with Gasteiger partial charge in [-0.25, -0.2) is 4.79 Å². The number of hydrogen-bond donors (Lipinski definition) is 1. The normalized spacial score (nSPS) is 16.3. The minimum atomic E-state index is -0.0212. The third kappa shape index (κ3) is 3.11. The highest BCUT2D eigenvalue weighted by atomic mass is 32.1. The maximum atomic E-state index is 12.4. The van der Waals surface area contributed by atoms with Crippen LogP contribution >= 0.6 is 11.3 Å². The molecule has 27 heavy (non-hydrogen) atoms. The Bertz CT molecular complexity index is 1100. The lowest BCUT2D eigenvalue weighted by Crippen LogP contribution is -2.36. The minimum Gasteiger partial charge on any atom is -0.419 e. The van der Waals surface area contributed by atoms with E-state index in [2.05, 4.69) is 20.1 Å². The molecule has 3 aromatic heterocycles. The number of hydrogen-bond acceptors (Lipinski definition) is 6. The maximum Gasteiger partial charge on any atom is 0.326 e. The van der Waals surface area contributed by atoms with Crippen molar-refractivity contribution in [1.82, 2.24) is 24.6 Å². The summed E-state index contributed by atoms with van der Waals surface area (Å²) in [5.74, 6) is 1.22. The van der Waals surface area contributed by atoms with E-state index in [4.69, 9.17) is 4.42 Å². The van der Waals surface area contributed by atoms with Gasteiger partial charge in [0, 0.05) is 19.1 Å². The minimum absolute atomic E-state index is 0.0212. The first-order valence-corrected chi connectivity index (χ1v) is 9.94. The first kappa shape index (κ1) is 16.5. The molecule has 138 valence electrons. The number of piperidine rings is 1. The standard InChI is InChI=1S/C19H19N5O2S/c25-19-20-14-4-1-2-5-15(14)24(19)13-7-9-23(10-8-13)12-17-21-22-18(26-17)16-6-3-11-27-16/h1-6,11,13H,7-10,12H2,(H,20,25). The molecule has 1 aliphatic rings. The Kier molecular flexibility index (Phi) is 4.14. The summed E-state index contributed by atoms with van der Waals surface area (Å²) in [6, 6.07) is 12.0. The second-order valence-corrected chi connectivity index (χ2v) is 7.75. The van der Waals surface area contributed by atoms with E-state index in [0.717, 1.165) is 41.8 Å². The quantitative estimate of drug-likeness (QED) is 0.587. The third-order valence-corrected chi connectivity index (χ3v) is 5.96. The Morgan fingerprint density at radius 2 is 2.00 bits per heavy atom. The van der Waals surface area contributed by atoms with E-state index in [0.29, 0.717) is 18.3 Å². The SMILES string of the molecule is O=c1[nH]c2ccccc2n1C1CCN(Cc2nnc(-c3cccs3)o2)CC1. The van der Waals surface area contributed by atoms with Gasteiger partial charge in [0.25, 0.3) is 5.89 Å². The highest BCUT2D eigenvalue weighted by Crippen LogP contribution is 2.27. The number of benzene rings is 1. The lowest BCUT2D eigenvalue weighted by atomic mass is 10.0. The number of nitrogens with zero attached hydrogens (tertiary/aromatic N) is 4. The van der Waals surface area contributed by atoms with E-state index < -0.39 is 0 Å². The van der Waals surface area contributed by atoms with Crippen LogP contribution in [0.4, 0.5) is 0 Å². The number of aromatic amines is 1. The van der Waals surface area contributed by atoms with E-state index >= 15 is 0 Å². The molecule has 4 aromatic rings. The van der Waals surface area contributed by atoms with Crippen LogP contribution in [0.2, 0.25) is 0 Å². The number of nitrogens with one attached hydrogen (secondary N) is 1. The molecule has 0 amide bonds. The zero-order chi connectivity index (χ0) is 18.2. The average molecular weight is 381 g/mol. The number of rotatable bonds is 4. The van der Waals surface area contributed by atoms with Crippen LogP contribution in [0.1, 0.15) is 24.8 Å². The molecule has 0 aliphatic carbocycles. The van der Waals surface area contributed by atoms with Gasteiger partial charge in [-0.1, -0.05) is 18.2 Å². The smallest absolute Gasteiger partial charge is 0.326 e. The van der Waals surface area contributed by atoms with Crippen LogP contribution in [-0.2, 0) is 6.54 Å². The van der Waals surface area contributed by atoms with E-state index in [1.54, 1.807) is 11.3 Å². The Morgan fingerprint density at radius 3 is 2.81 bits per heavy atom. The van der Waals surface area contributed by atoms with Crippen molar-refractivity contribution in [2.75, 3.05) is 13.1 Å². The van der Waals surface area contributed by atoms with E-state index in [1.807, 2.05) is 46.3 Å². The van der Waals surface area contributed by atoms with Crippen molar-refractivity contribution < 1.29 is 4.42 Å². The molecule has 0 spiro atoms. The Balaban J connectivity index is 1.26. The van der Waals surface area contributed by atoms with Gasteiger partial charge in [-0.05, 0) is 36.4 Å². The van der Waals surface area contributed by atoms with Crippen molar-refractivity contribution in [3.8, 4) is 10.8 Å². The summed E-state index contributed by atoms with van der Waals surface area (Å²) < 4.78 is 7.70. The average Bonchev–Trinajstić information content (AvgIpc) is 3.41. The van der Waals surface area contributed by atoms with Gasteiger partial charge < -0.3 is 9.40 Å². The molecule has 5 rings (SSSR count). The predicted octanol–water partition coefficient (Wildman–Crippen LogP) is 3.28. The van der Waals surface area contributed by atoms with Crippen molar-refractivity contribution >= 4 is 22.4 Å². The topological polar surface area (TPSA) is 80.0 Å². The number of aromatic nitrogens is 4. The molecule has 1 N–H and O–H groups in total. The summed E-state index contributed by atoms with van der Waals surface area (Å²) >= 11 is 1.59. The van der Waals surface area contributed by atoms with Crippen molar-refractivity contribution in [1.29, 1.82) is 0 Å². The van der Waals surface area contributed by atoms with Crippen LogP contribution < -0.4 is 5.69 Å². The molecule has 0 bridgehead atoms. The number of likely N-dealkylation sites (tertiary alicyclic amines) is 1. The molecule has 1 fully saturated rings. The highest BCUT2D eigenvalue weighted by Gasteiger charge is 2.24. The van der Waals surface area contributed by atoms with Gasteiger partial charge in [-0.2, -0.15) is 0 Å². The summed E-state index contributed by atoms with van der Waals surface area (Å²) in [5.41, 5.74) is 1.86. The molecule has 4 heterocycles. The molecule has 8 heteroatoms. The van der Waals surface area contributed by atoms with Gasteiger partial charge in [0.15, 0.2) is 0 Å². The van der Waals surface area contributed by atoms with Gasteiger partial charge in [0.2, 0.25) is 5.89 Å². The van der Waals surface area contributed by atoms with Crippen LogP contribution in [0.5, 0.6) is 0 Å². The molecule has 1 saturated heterocycles. The second kappa shape index (κ2) is 6.79. The zero-order valence-corrected chi connectivity index (χ0v) is 15.5. The number of thiophene rings is 1. The monoisotopic (exact) mass is 381 g/mol. The summed E-state index contributed by atoms with van der Waals surface area (Å²) in [5, 5.41) is 10.3. The fourth-order valence-corrected chi connectivity index (χ4v) is 4.43. The zero-order valence-electron chi connectivity index (χ0n) is 14.7. The molecular formula is C19H19N5O2S. The summed E-state index contributed by atoms with van der Waals surface area (Å²) in [6.45, 7) is 2.44. The van der Waals surface area contributed by atoms with Gasteiger partial charge in [-0.3, -0.25) is 9.47 Å². The number of imidazole rings is 1. The van der Waals surface area contributed by atoms with Crippen molar-refractivity contribution in [2.24, 2.45) is 0 Å². The van der Waals surface area contributed by atoms with Crippen LogP contribution in [-0.4, -0.2) is 37.7 Å². The summed E-state index contributed by atoms with van der Waals surface area (Å²) in [7, 11) is 0. The fourth-order valence-electron chi connectivity index (χ4n) is 3.78. The molecule has 0 atom stereocenters. The first-order valence-electron chi connectivity index (χ1n) is 9.06. The van der Waals surface area contributed by atoms with Gasteiger partial charge in [0.05, 0.1) is 22.5 Å². The Labute approximate surface area is 159 Å². The van der Waals surface area contributed by atoms with Crippen LogP contribution in [0, 0.1) is 0 Å². The lowest BCUT2D eigenvalue weighted by molar-refractivity contribution is 0.167. The molecule has 1 aromatic carbocycles. The first-order chi connectivity index (χ1) is 13.3. The molecule has 0 radical (unpaired) electrons. The Hall–Kier alpha value is -2.71. The number of para-hydroxylation sites is 2. The summed E-state index contributed by atoms with van der Waals surface area (Å²) in [4.78, 5) is 18.6. The highest BCUT2D eigenvalue weighted by molar-refractivity contribution is 7.13. The predicted molar refractivity (Wildman–Crippen MR) is 104 cm³/mol. The Morgan fingerprint density at radius 1 is 1.15 bits per heavy atom. The second-order valence-electron chi connectivity index (χ2n) is 6.80. The van der Waals surface area contributed by atoms with Crippen LogP contribution in [0.15, 0.2) is 51.0 Å². The summed E-state index contributed by atoms with van der Waals surface area (Å²) in [6.07, 6.45) is 1.85. The van der Waals surface area contributed by atoms with E-state index in [-0.39, 0.29) is 11.7 Å². The van der Waals surface area contributed by atoms with Gasteiger partial charge >= 0.3 is 5.69 Å². The van der Waals surface area contributed by atoms with Crippen molar-refractivity contribution in [2.45, 2.75) is 25.4 Å². The lowest BCUT2D eigenvalue weighted by Gasteiger charge is -2.31. The van der Waals surface area contributed by atoms with E-state index in [1.165, 1.54) is 0 Å².